The Hall–Kier alpha value is -2.32. The molecular weight excluding hydrogens is 336 g/mol. The highest BCUT2D eigenvalue weighted by Crippen LogP contribution is 2.37. The molecule has 0 unspecified atom stereocenters. The molecule has 0 bridgehead atoms. The van der Waals surface area contributed by atoms with Crippen molar-refractivity contribution >= 4 is 37.5 Å². The standard InChI is InChI=1S/C20H13BrO/c21-17-9-8-14-6-7-15-10-16(13-4-2-1-3-5-13)11-19(22)20(15)18(14)12-17/h1-12,22H. The van der Waals surface area contributed by atoms with Crippen LogP contribution in [0.2, 0.25) is 0 Å². The zero-order chi connectivity index (χ0) is 15.1. The molecular formula is C20H13BrO. The molecule has 4 rings (SSSR count). The molecule has 0 aromatic heterocycles. The summed E-state index contributed by atoms with van der Waals surface area (Å²) in [6.45, 7) is 0. The quantitative estimate of drug-likeness (QED) is 0.410. The minimum atomic E-state index is 0.319. The second-order valence-corrected chi connectivity index (χ2v) is 6.31. The van der Waals surface area contributed by atoms with Crippen LogP contribution in [0.25, 0.3) is 32.7 Å². The molecule has 0 spiro atoms. The molecule has 0 amide bonds. The van der Waals surface area contributed by atoms with Crippen molar-refractivity contribution in [1.29, 1.82) is 0 Å². The Bertz CT molecular complexity index is 991. The van der Waals surface area contributed by atoms with Crippen LogP contribution in [0, 0.1) is 0 Å². The molecule has 0 saturated heterocycles. The van der Waals surface area contributed by atoms with E-state index < -0.39 is 0 Å². The van der Waals surface area contributed by atoms with Crippen LogP contribution >= 0.6 is 15.9 Å². The highest BCUT2D eigenvalue weighted by Gasteiger charge is 2.09. The van der Waals surface area contributed by atoms with Crippen LogP contribution in [0.5, 0.6) is 5.75 Å². The second-order valence-electron chi connectivity index (χ2n) is 5.39. The van der Waals surface area contributed by atoms with Crippen molar-refractivity contribution in [2.75, 3.05) is 0 Å². The number of fused-ring (bicyclic) bond motifs is 3. The van der Waals surface area contributed by atoms with Gasteiger partial charge < -0.3 is 5.11 Å². The first-order valence-corrected chi connectivity index (χ1v) is 7.92. The van der Waals surface area contributed by atoms with Gasteiger partial charge in [-0.3, -0.25) is 0 Å². The van der Waals surface area contributed by atoms with Gasteiger partial charge in [0.2, 0.25) is 0 Å². The maximum atomic E-state index is 10.6. The van der Waals surface area contributed by atoms with Gasteiger partial charge in [-0.25, -0.2) is 0 Å². The minimum absolute atomic E-state index is 0.319. The molecule has 0 saturated carbocycles. The van der Waals surface area contributed by atoms with Crippen molar-refractivity contribution in [2.45, 2.75) is 0 Å². The Morgan fingerprint density at radius 3 is 2.23 bits per heavy atom. The Morgan fingerprint density at radius 1 is 0.682 bits per heavy atom. The Balaban J connectivity index is 2.06. The summed E-state index contributed by atoms with van der Waals surface area (Å²) in [5.41, 5.74) is 2.13. The molecule has 22 heavy (non-hydrogen) atoms. The van der Waals surface area contributed by atoms with E-state index in [1.165, 1.54) is 0 Å². The van der Waals surface area contributed by atoms with Gasteiger partial charge in [-0.05, 0) is 51.6 Å². The van der Waals surface area contributed by atoms with Gasteiger partial charge in [-0.2, -0.15) is 0 Å². The monoisotopic (exact) mass is 348 g/mol. The number of hydrogen-bond donors (Lipinski definition) is 1. The largest absolute Gasteiger partial charge is 0.507 e. The summed E-state index contributed by atoms with van der Waals surface area (Å²) in [6, 6.07) is 24.4. The predicted octanol–water partition coefficient (Wildman–Crippen LogP) is 6.13. The number of benzene rings is 4. The van der Waals surface area contributed by atoms with Crippen molar-refractivity contribution in [3.63, 3.8) is 0 Å². The van der Waals surface area contributed by atoms with Crippen LogP contribution in [0.4, 0.5) is 0 Å². The van der Waals surface area contributed by atoms with E-state index in [-0.39, 0.29) is 0 Å². The van der Waals surface area contributed by atoms with E-state index in [1.54, 1.807) is 0 Å². The molecule has 0 aliphatic carbocycles. The summed E-state index contributed by atoms with van der Waals surface area (Å²) in [7, 11) is 0. The zero-order valence-corrected chi connectivity index (χ0v) is 13.3. The zero-order valence-electron chi connectivity index (χ0n) is 11.8. The molecule has 1 N–H and O–H groups in total. The van der Waals surface area contributed by atoms with E-state index in [0.717, 1.165) is 37.1 Å². The van der Waals surface area contributed by atoms with Crippen molar-refractivity contribution in [3.8, 4) is 16.9 Å². The molecule has 0 atom stereocenters. The van der Waals surface area contributed by atoms with E-state index in [9.17, 15) is 5.11 Å². The smallest absolute Gasteiger partial charge is 0.124 e. The molecule has 106 valence electrons. The van der Waals surface area contributed by atoms with Crippen LogP contribution < -0.4 is 0 Å². The first-order chi connectivity index (χ1) is 10.7. The van der Waals surface area contributed by atoms with Crippen LogP contribution in [0.3, 0.4) is 0 Å². The van der Waals surface area contributed by atoms with E-state index in [4.69, 9.17) is 0 Å². The average Bonchev–Trinajstić information content (AvgIpc) is 2.55. The second kappa shape index (κ2) is 5.15. The molecule has 0 fully saturated rings. The third-order valence-corrected chi connectivity index (χ3v) is 4.48. The van der Waals surface area contributed by atoms with Gasteiger partial charge in [-0.15, -0.1) is 0 Å². The number of halogens is 1. The van der Waals surface area contributed by atoms with Crippen molar-refractivity contribution in [1.82, 2.24) is 0 Å². The van der Waals surface area contributed by atoms with Gasteiger partial charge in [0.25, 0.3) is 0 Å². The molecule has 0 heterocycles. The predicted molar refractivity (Wildman–Crippen MR) is 96.3 cm³/mol. The fourth-order valence-electron chi connectivity index (χ4n) is 2.94. The summed E-state index contributed by atoms with van der Waals surface area (Å²) < 4.78 is 1.01. The maximum Gasteiger partial charge on any atom is 0.124 e. The van der Waals surface area contributed by atoms with Gasteiger partial charge >= 0.3 is 0 Å². The lowest BCUT2D eigenvalue weighted by molar-refractivity contribution is 0.482. The Kier molecular flexibility index (Phi) is 3.12. The lowest BCUT2D eigenvalue weighted by Crippen LogP contribution is -1.83. The summed E-state index contributed by atoms with van der Waals surface area (Å²) in [5, 5.41) is 14.7. The molecule has 0 radical (unpaired) electrons. The molecule has 2 heteroatoms. The summed E-state index contributed by atoms with van der Waals surface area (Å²) >= 11 is 3.51. The highest BCUT2D eigenvalue weighted by atomic mass is 79.9. The molecule has 0 aliphatic heterocycles. The Morgan fingerprint density at radius 2 is 1.41 bits per heavy atom. The number of hydrogen-bond acceptors (Lipinski definition) is 1. The Labute approximate surface area is 137 Å². The molecule has 4 aromatic carbocycles. The fraction of sp³-hybridized carbons (Fsp3) is 0. The minimum Gasteiger partial charge on any atom is -0.507 e. The van der Waals surface area contributed by atoms with Crippen LogP contribution in [0.15, 0.2) is 77.3 Å². The van der Waals surface area contributed by atoms with E-state index >= 15 is 0 Å². The van der Waals surface area contributed by atoms with Crippen molar-refractivity contribution in [2.24, 2.45) is 0 Å². The van der Waals surface area contributed by atoms with E-state index in [2.05, 4.69) is 58.4 Å². The van der Waals surface area contributed by atoms with Crippen LogP contribution in [0.1, 0.15) is 0 Å². The van der Waals surface area contributed by atoms with E-state index in [1.807, 2.05) is 30.3 Å². The topological polar surface area (TPSA) is 20.2 Å². The molecule has 4 aromatic rings. The molecule has 0 aliphatic rings. The third-order valence-electron chi connectivity index (χ3n) is 3.98. The summed E-state index contributed by atoms with van der Waals surface area (Å²) in [5.74, 6) is 0.319. The van der Waals surface area contributed by atoms with Gasteiger partial charge in [0.05, 0.1) is 0 Å². The summed E-state index contributed by atoms with van der Waals surface area (Å²) in [6.07, 6.45) is 0. The molecule has 1 nitrogen and oxygen atoms in total. The highest BCUT2D eigenvalue weighted by molar-refractivity contribution is 9.10. The lowest BCUT2D eigenvalue weighted by Gasteiger charge is -2.10. The maximum absolute atomic E-state index is 10.6. The normalized spacial score (nSPS) is 11.1. The van der Waals surface area contributed by atoms with Crippen molar-refractivity contribution in [3.05, 3.63) is 77.3 Å². The van der Waals surface area contributed by atoms with Gasteiger partial charge in [0, 0.05) is 9.86 Å². The van der Waals surface area contributed by atoms with Crippen LogP contribution in [-0.4, -0.2) is 5.11 Å². The SMILES string of the molecule is Oc1cc(-c2ccccc2)cc2ccc3ccc(Br)cc3c12. The van der Waals surface area contributed by atoms with Gasteiger partial charge in [0.15, 0.2) is 0 Å². The van der Waals surface area contributed by atoms with E-state index in [0.29, 0.717) is 5.75 Å². The lowest BCUT2D eigenvalue weighted by atomic mass is 9.96. The number of phenols is 1. The van der Waals surface area contributed by atoms with Crippen molar-refractivity contribution < 1.29 is 5.11 Å². The first kappa shape index (κ1) is 13.4. The van der Waals surface area contributed by atoms with Gasteiger partial charge in [-0.1, -0.05) is 64.5 Å². The average molecular weight is 349 g/mol. The summed E-state index contributed by atoms with van der Waals surface area (Å²) in [4.78, 5) is 0. The van der Waals surface area contributed by atoms with Gasteiger partial charge in [0.1, 0.15) is 5.75 Å². The fourth-order valence-corrected chi connectivity index (χ4v) is 3.30. The van der Waals surface area contributed by atoms with Crippen LogP contribution in [-0.2, 0) is 0 Å². The number of phenolic OH excluding ortho intramolecular Hbond substituents is 1. The first-order valence-electron chi connectivity index (χ1n) is 7.13. The number of aromatic hydroxyl groups is 1. The third kappa shape index (κ3) is 2.16. The number of rotatable bonds is 1.